The van der Waals surface area contributed by atoms with Crippen LogP contribution < -0.4 is 10.6 Å². The normalized spacial score (nSPS) is 15.7. The number of allylic oxidation sites excluding steroid dienone is 1. The van der Waals surface area contributed by atoms with Crippen molar-refractivity contribution in [1.82, 2.24) is 10.6 Å². The van der Waals surface area contributed by atoms with Gasteiger partial charge >= 0.3 is 6.09 Å². The molecule has 0 saturated heterocycles. The number of alkyl carbamates (subject to hydrolysis) is 1. The second kappa shape index (κ2) is 7.70. The summed E-state index contributed by atoms with van der Waals surface area (Å²) in [5.74, 6) is 0.612. The fourth-order valence-corrected chi connectivity index (χ4v) is 2.25. The van der Waals surface area contributed by atoms with Crippen molar-refractivity contribution in [3.8, 4) is 0 Å². The van der Waals surface area contributed by atoms with E-state index in [9.17, 15) is 9.59 Å². The molecule has 2 amide bonds. The predicted octanol–water partition coefficient (Wildman–Crippen LogP) is 2.88. The standard InChI is InChI=1S/C17H30N2O4/c1-12-13(8-7-11-22-12)14(20)19-17(5,6)9-10-18-15(21)23-16(2,3)4/h7-11H2,1-6H3,(H,18,21)(H,19,20). The third kappa shape index (κ3) is 7.39. The number of rotatable bonds is 5. The van der Waals surface area contributed by atoms with Crippen LogP contribution in [0.5, 0.6) is 0 Å². The molecule has 0 aromatic rings. The predicted molar refractivity (Wildman–Crippen MR) is 89.0 cm³/mol. The van der Waals surface area contributed by atoms with Gasteiger partial charge in [-0.1, -0.05) is 0 Å². The summed E-state index contributed by atoms with van der Waals surface area (Å²) in [4.78, 5) is 24.0. The van der Waals surface area contributed by atoms with Gasteiger partial charge in [0.1, 0.15) is 11.4 Å². The minimum atomic E-state index is -0.515. The van der Waals surface area contributed by atoms with E-state index in [0.29, 0.717) is 30.9 Å². The first-order valence-electron chi connectivity index (χ1n) is 8.12. The van der Waals surface area contributed by atoms with Crippen molar-refractivity contribution < 1.29 is 19.1 Å². The molecule has 0 aliphatic carbocycles. The van der Waals surface area contributed by atoms with Gasteiger partial charge in [-0.25, -0.2) is 4.79 Å². The summed E-state index contributed by atoms with van der Waals surface area (Å²) in [7, 11) is 0. The van der Waals surface area contributed by atoms with Crippen LogP contribution in [0.2, 0.25) is 0 Å². The third-order valence-electron chi connectivity index (χ3n) is 3.46. The van der Waals surface area contributed by atoms with Gasteiger partial charge in [0, 0.05) is 12.1 Å². The van der Waals surface area contributed by atoms with Crippen molar-refractivity contribution in [2.24, 2.45) is 0 Å². The van der Waals surface area contributed by atoms with Crippen LogP contribution in [-0.2, 0) is 14.3 Å². The van der Waals surface area contributed by atoms with Gasteiger partial charge in [0.25, 0.3) is 5.91 Å². The monoisotopic (exact) mass is 326 g/mol. The Hall–Kier alpha value is -1.72. The van der Waals surface area contributed by atoms with E-state index < -0.39 is 17.2 Å². The molecule has 0 bridgehead atoms. The number of carbonyl (C=O) groups is 2. The third-order valence-corrected chi connectivity index (χ3v) is 3.46. The molecule has 132 valence electrons. The number of hydrogen-bond acceptors (Lipinski definition) is 4. The Morgan fingerprint density at radius 3 is 2.43 bits per heavy atom. The first-order chi connectivity index (χ1) is 10.5. The van der Waals surface area contributed by atoms with Crippen molar-refractivity contribution in [2.45, 2.75) is 71.9 Å². The Morgan fingerprint density at radius 1 is 1.22 bits per heavy atom. The first kappa shape index (κ1) is 19.3. The largest absolute Gasteiger partial charge is 0.498 e. The zero-order valence-electron chi connectivity index (χ0n) is 15.2. The minimum Gasteiger partial charge on any atom is -0.498 e. The quantitative estimate of drug-likeness (QED) is 0.814. The molecule has 6 heteroatoms. The van der Waals surface area contributed by atoms with Gasteiger partial charge in [-0.15, -0.1) is 0 Å². The van der Waals surface area contributed by atoms with Gasteiger partial charge < -0.3 is 20.1 Å². The second-order valence-electron chi connectivity index (χ2n) is 7.50. The highest BCUT2D eigenvalue weighted by Crippen LogP contribution is 2.20. The maximum atomic E-state index is 12.3. The highest BCUT2D eigenvalue weighted by atomic mass is 16.6. The lowest BCUT2D eigenvalue weighted by Crippen LogP contribution is -2.47. The van der Waals surface area contributed by atoms with Crippen LogP contribution in [0.25, 0.3) is 0 Å². The maximum Gasteiger partial charge on any atom is 0.407 e. The van der Waals surface area contributed by atoms with Crippen LogP contribution in [0.15, 0.2) is 11.3 Å². The van der Waals surface area contributed by atoms with E-state index in [-0.39, 0.29) is 5.91 Å². The molecule has 2 N–H and O–H groups in total. The molecule has 0 aromatic carbocycles. The number of nitrogens with one attached hydrogen (secondary N) is 2. The lowest BCUT2D eigenvalue weighted by molar-refractivity contribution is -0.119. The van der Waals surface area contributed by atoms with E-state index in [4.69, 9.17) is 9.47 Å². The Labute approximate surface area is 139 Å². The molecule has 1 aliphatic heterocycles. The van der Waals surface area contributed by atoms with E-state index in [2.05, 4.69) is 10.6 Å². The van der Waals surface area contributed by atoms with Crippen LogP contribution in [0, 0.1) is 0 Å². The molecular formula is C17H30N2O4. The summed E-state index contributed by atoms with van der Waals surface area (Å²) in [6.07, 6.45) is 1.76. The van der Waals surface area contributed by atoms with Gasteiger partial charge in [0.05, 0.1) is 12.2 Å². The van der Waals surface area contributed by atoms with Crippen LogP contribution in [0.1, 0.15) is 60.8 Å². The van der Waals surface area contributed by atoms with Crippen LogP contribution >= 0.6 is 0 Å². The summed E-state index contributed by atoms with van der Waals surface area (Å²) >= 11 is 0. The molecule has 0 unspecified atom stereocenters. The molecule has 0 radical (unpaired) electrons. The number of amides is 2. The van der Waals surface area contributed by atoms with Crippen molar-refractivity contribution in [2.75, 3.05) is 13.2 Å². The molecule has 0 aromatic heterocycles. The van der Waals surface area contributed by atoms with E-state index in [1.54, 1.807) is 0 Å². The molecule has 1 aliphatic rings. The molecular weight excluding hydrogens is 296 g/mol. The fraction of sp³-hybridized carbons (Fsp3) is 0.765. The van der Waals surface area contributed by atoms with Crippen molar-refractivity contribution in [3.05, 3.63) is 11.3 Å². The van der Waals surface area contributed by atoms with E-state index in [1.807, 2.05) is 41.5 Å². The van der Waals surface area contributed by atoms with Gasteiger partial charge in [-0.2, -0.15) is 0 Å². The van der Waals surface area contributed by atoms with Crippen LogP contribution in [-0.4, -0.2) is 36.3 Å². The lowest BCUT2D eigenvalue weighted by Gasteiger charge is -2.28. The van der Waals surface area contributed by atoms with Crippen molar-refractivity contribution in [3.63, 3.8) is 0 Å². The van der Waals surface area contributed by atoms with Gasteiger partial charge in [-0.05, 0) is 60.8 Å². The second-order valence-corrected chi connectivity index (χ2v) is 7.50. The summed E-state index contributed by atoms with van der Waals surface area (Å²) in [5.41, 5.74) is -0.236. The molecule has 1 heterocycles. The van der Waals surface area contributed by atoms with Crippen LogP contribution in [0.4, 0.5) is 4.79 Å². The number of hydrogen-bond donors (Lipinski definition) is 2. The van der Waals surface area contributed by atoms with Gasteiger partial charge in [-0.3, -0.25) is 4.79 Å². The zero-order chi connectivity index (χ0) is 17.7. The van der Waals surface area contributed by atoms with Crippen molar-refractivity contribution >= 4 is 12.0 Å². The molecule has 6 nitrogen and oxygen atoms in total. The van der Waals surface area contributed by atoms with E-state index >= 15 is 0 Å². The highest BCUT2D eigenvalue weighted by molar-refractivity contribution is 5.94. The zero-order valence-corrected chi connectivity index (χ0v) is 15.2. The number of carbonyl (C=O) groups excluding carboxylic acids is 2. The number of ether oxygens (including phenoxy) is 2. The minimum absolute atomic E-state index is 0.0931. The molecule has 0 atom stereocenters. The Morgan fingerprint density at radius 2 is 1.87 bits per heavy atom. The van der Waals surface area contributed by atoms with Crippen molar-refractivity contribution in [1.29, 1.82) is 0 Å². The first-order valence-corrected chi connectivity index (χ1v) is 8.12. The molecule has 0 saturated carbocycles. The Kier molecular flexibility index (Phi) is 6.47. The van der Waals surface area contributed by atoms with Crippen LogP contribution in [0.3, 0.4) is 0 Å². The average molecular weight is 326 g/mol. The summed E-state index contributed by atoms with van der Waals surface area (Å²) in [6, 6.07) is 0. The van der Waals surface area contributed by atoms with E-state index in [1.165, 1.54) is 0 Å². The van der Waals surface area contributed by atoms with E-state index in [0.717, 1.165) is 12.8 Å². The Balaban J connectivity index is 2.44. The molecule has 1 rings (SSSR count). The molecule has 0 fully saturated rings. The van der Waals surface area contributed by atoms with Gasteiger partial charge in [0.15, 0.2) is 0 Å². The van der Waals surface area contributed by atoms with Gasteiger partial charge in [0.2, 0.25) is 0 Å². The highest BCUT2D eigenvalue weighted by Gasteiger charge is 2.25. The lowest BCUT2D eigenvalue weighted by atomic mass is 9.98. The summed E-state index contributed by atoms with van der Waals surface area (Å²) in [5, 5.41) is 5.72. The smallest absolute Gasteiger partial charge is 0.407 e. The molecule has 0 spiro atoms. The Bertz CT molecular complexity index is 475. The SMILES string of the molecule is CC1=C(C(=O)NC(C)(C)CCNC(=O)OC(C)(C)C)CCCO1. The molecule has 23 heavy (non-hydrogen) atoms. The summed E-state index contributed by atoms with van der Waals surface area (Å²) < 4.78 is 10.6. The fourth-order valence-electron chi connectivity index (χ4n) is 2.25. The summed E-state index contributed by atoms with van der Waals surface area (Å²) in [6.45, 7) is 12.2. The maximum absolute atomic E-state index is 12.3. The average Bonchev–Trinajstić information content (AvgIpc) is 2.35. The topological polar surface area (TPSA) is 76.7 Å².